The van der Waals surface area contributed by atoms with Crippen molar-refractivity contribution >= 4 is 11.7 Å². The molecule has 1 fully saturated rings. The molecule has 0 radical (unpaired) electrons. The van der Waals surface area contributed by atoms with Gasteiger partial charge in [0, 0.05) is 37.3 Å². The van der Waals surface area contributed by atoms with Gasteiger partial charge < -0.3 is 4.74 Å². The van der Waals surface area contributed by atoms with Crippen LogP contribution in [0, 0.1) is 12.7 Å². The topological polar surface area (TPSA) is 59.4 Å². The SMILES string of the molecule is COc1ccc([C@H](C)N[C@H]2CCN(c3cc(C)nn3C)C2=O)c(F)c1. The lowest BCUT2D eigenvalue weighted by molar-refractivity contribution is -0.119. The zero-order valence-corrected chi connectivity index (χ0v) is 14.9. The third-order valence-corrected chi connectivity index (χ3v) is 4.58. The number of benzene rings is 1. The summed E-state index contributed by atoms with van der Waals surface area (Å²) in [5.41, 5.74) is 1.39. The van der Waals surface area contributed by atoms with Gasteiger partial charge in [0.2, 0.25) is 5.91 Å². The number of hydrogen-bond donors (Lipinski definition) is 1. The number of anilines is 1. The van der Waals surface area contributed by atoms with Crippen LogP contribution in [0.3, 0.4) is 0 Å². The van der Waals surface area contributed by atoms with Crippen LogP contribution in [0.15, 0.2) is 24.3 Å². The standard InChI is InChI=1S/C18H23FN4O2/c1-11-9-17(22(3)21-11)23-8-7-16(18(23)24)20-12(2)14-6-5-13(25-4)10-15(14)19/h5-6,9-10,12,16,20H,7-8H2,1-4H3/t12-,16-/m0/s1. The number of nitrogens with zero attached hydrogens (tertiary/aromatic N) is 3. The number of rotatable bonds is 5. The lowest BCUT2D eigenvalue weighted by Crippen LogP contribution is -2.40. The Morgan fingerprint density at radius 1 is 1.40 bits per heavy atom. The van der Waals surface area contributed by atoms with Crippen molar-refractivity contribution in [2.45, 2.75) is 32.4 Å². The summed E-state index contributed by atoms with van der Waals surface area (Å²) in [5, 5.41) is 7.54. The molecule has 1 aromatic heterocycles. The first kappa shape index (κ1) is 17.4. The van der Waals surface area contributed by atoms with Gasteiger partial charge in [0.15, 0.2) is 0 Å². The number of nitrogens with one attached hydrogen (secondary N) is 1. The van der Waals surface area contributed by atoms with Crippen molar-refractivity contribution in [1.82, 2.24) is 15.1 Å². The van der Waals surface area contributed by atoms with Crippen molar-refractivity contribution in [3.8, 4) is 5.75 Å². The Kier molecular flexibility index (Phi) is 4.76. The fraction of sp³-hybridized carbons (Fsp3) is 0.444. The monoisotopic (exact) mass is 346 g/mol. The second-order valence-electron chi connectivity index (χ2n) is 6.37. The molecule has 2 atom stereocenters. The van der Waals surface area contributed by atoms with Gasteiger partial charge in [0.25, 0.3) is 0 Å². The number of aromatic nitrogens is 2. The van der Waals surface area contributed by atoms with Gasteiger partial charge >= 0.3 is 0 Å². The highest BCUT2D eigenvalue weighted by Crippen LogP contribution is 2.26. The predicted octanol–water partition coefficient (Wildman–Crippen LogP) is 2.33. The third-order valence-electron chi connectivity index (χ3n) is 4.58. The van der Waals surface area contributed by atoms with E-state index in [2.05, 4.69) is 10.4 Å². The highest BCUT2D eigenvalue weighted by atomic mass is 19.1. The predicted molar refractivity (Wildman–Crippen MR) is 93.2 cm³/mol. The number of halogens is 1. The summed E-state index contributed by atoms with van der Waals surface area (Å²) >= 11 is 0. The molecule has 2 aromatic rings. The first-order chi connectivity index (χ1) is 11.9. The molecular weight excluding hydrogens is 323 g/mol. The van der Waals surface area contributed by atoms with Gasteiger partial charge in [-0.05, 0) is 26.3 Å². The Bertz CT molecular complexity index is 789. The Morgan fingerprint density at radius 2 is 2.16 bits per heavy atom. The molecule has 1 aromatic carbocycles. The Balaban J connectivity index is 1.71. The fourth-order valence-electron chi connectivity index (χ4n) is 3.29. The van der Waals surface area contributed by atoms with Gasteiger partial charge in [-0.1, -0.05) is 6.07 Å². The van der Waals surface area contributed by atoms with Crippen molar-refractivity contribution in [2.75, 3.05) is 18.6 Å². The zero-order valence-electron chi connectivity index (χ0n) is 14.9. The molecule has 1 saturated heterocycles. The van der Waals surface area contributed by atoms with Crippen LogP contribution in [-0.4, -0.2) is 35.4 Å². The maximum absolute atomic E-state index is 14.2. The zero-order chi connectivity index (χ0) is 18.1. The van der Waals surface area contributed by atoms with Crippen molar-refractivity contribution < 1.29 is 13.9 Å². The second-order valence-corrected chi connectivity index (χ2v) is 6.37. The Hall–Kier alpha value is -2.41. The Morgan fingerprint density at radius 3 is 2.76 bits per heavy atom. The number of methoxy groups -OCH3 is 1. The largest absolute Gasteiger partial charge is 0.497 e. The number of hydrogen-bond acceptors (Lipinski definition) is 4. The quantitative estimate of drug-likeness (QED) is 0.903. The van der Waals surface area contributed by atoms with E-state index in [0.717, 1.165) is 11.5 Å². The van der Waals surface area contributed by atoms with Crippen LogP contribution in [0.25, 0.3) is 0 Å². The summed E-state index contributed by atoms with van der Waals surface area (Å²) in [5.74, 6) is 0.908. The number of carbonyl (C=O) groups is 1. The maximum Gasteiger partial charge on any atom is 0.245 e. The number of aryl methyl sites for hydroxylation is 2. The van der Waals surface area contributed by atoms with Gasteiger partial charge in [0.05, 0.1) is 18.8 Å². The van der Waals surface area contributed by atoms with E-state index in [1.54, 1.807) is 21.7 Å². The lowest BCUT2D eigenvalue weighted by atomic mass is 10.1. The molecule has 0 bridgehead atoms. The lowest BCUT2D eigenvalue weighted by Gasteiger charge is -2.21. The molecule has 0 spiro atoms. The summed E-state index contributed by atoms with van der Waals surface area (Å²) in [6.45, 7) is 4.37. The maximum atomic E-state index is 14.2. The first-order valence-corrected chi connectivity index (χ1v) is 8.32. The molecule has 1 N–H and O–H groups in total. The van der Waals surface area contributed by atoms with E-state index in [-0.39, 0.29) is 23.8 Å². The molecule has 2 heterocycles. The Labute approximate surface area is 146 Å². The molecule has 25 heavy (non-hydrogen) atoms. The van der Waals surface area contributed by atoms with E-state index in [1.165, 1.54) is 13.2 Å². The van der Waals surface area contributed by atoms with Gasteiger partial charge in [0.1, 0.15) is 17.4 Å². The summed E-state index contributed by atoms with van der Waals surface area (Å²) in [6, 6.07) is 6.03. The van der Waals surface area contributed by atoms with Gasteiger partial charge in [-0.2, -0.15) is 5.10 Å². The summed E-state index contributed by atoms with van der Waals surface area (Å²) in [4.78, 5) is 14.5. The van der Waals surface area contributed by atoms with Crippen LogP contribution < -0.4 is 15.0 Å². The van der Waals surface area contributed by atoms with Crippen molar-refractivity contribution in [3.63, 3.8) is 0 Å². The summed E-state index contributed by atoms with van der Waals surface area (Å²) < 4.78 is 21.0. The summed E-state index contributed by atoms with van der Waals surface area (Å²) in [6.07, 6.45) is 0.672. The number of amides is 1. The van der Waals surface area contributed by atoms with Crippen molar-refractivity contribution in [3.05, 3.63) is 41.3 Å². The van der Waals surface area contributed by atoms with Crippen LogP contribution in [0.4, 0.5) is 10.2 Å². The summed E-state index contributed by atoms with van der Waals surface area (Å²) in [7, 11) is 3.33. The molecular formula is C18H23FN4O2. The minimum absolute atomic E-state index is 0.0104. The van der Waals surface area contributed by atoms with E-state index in [1.807, 2.05) is 27.0 Å². The first-order valence-electron chi connectivity index (χ1n) is 8.32. The molecule has 134 valence electrons. The van der Waals surface area contributed by atoms with Gasteiger partial charge in [-0.3, -0.25) is 19.7 Å². The van der Waals surface area contributed by atoms with E-state index in [4.69, 9.17) is 4.74 Å². The van der Waals surface area contributed by atoms with E-state index < -0.39 is 0 Å². The highest BCUT2D eigenvalue weighted by Gasteiger charge is 2.35. The molecule has 1 amide bonds. The van der Waals surface area contributed by atoms with Crippen LogP contribution in [0.1, 0.15) is 30.6 Å². The molecule has 7 heteroatoms. The molecule has 1 aliphatic heterocycles. The molecule has 0 unspecified atom stereocenters. The minimum atomic E-state index is -0.344. The van der Waals surface area contributed by atoms with Gasteiger partial charge in [-0.15, -0.1) is 0 Å². The van der Waals surface area contributed by atoms with E-state index in [0.29, 0.717) is 24.3 Å². The van der Waals surface area contributed by atoms with Crippen LogP contribution in [0.5, 0.6) is 5.75 Å². The number of ether oxygens (including phenoxy) is 1. The molecule has 3 rings (SSSR count). The van der Waals surface area contributed by atoms with E-state index in [9.17, 15) is 9.18 Å². The van der Waals surface area contributed by atoms with Gasteiger partial charge in [-0.25, -0.2) is 4.39 Å². The molecule has 6 nitrogen and oxygen atoms in total. The highest BCUT2D eigenvalue weighted by molar-refractivity contribution is 5.98. The molecule has 0 aliphatic carbocycles. The van der Waals surface area contributed by atoms with E-state index >= 15 is 0 Å². The fourth-order valence-corrected chi connectivity index (χ4v) is 3.29. The smallest absolute Gasteiger partial charge is 0.245 e. The van der Waals surface area contributed by atoms with Crippen molar-refractivity contribution in [2.24, 2.45) is 7.05 Å². The third kappa shape index (κ3) is 3.37. The average Bonchev–Trinajstić information content (AvgIpc) is 3.09. The van der Waals surface area contributed by atoms with Crippen LogP contribution in [-0.2, 0) is 11.8 Å². The average molecular weight is 346 g/mol. The molecule has 0 saturated carbocycles. The second kappa shape index (κ2) is 6.84. The minimum Gasteiger partial charge on any atom is -0.497 e. The van der Waals surface area contributed by atoms with Crippen LogP contribution in [0.2, 0.25) is 0 Å². The number of carbonyl (C=O) groups excluding carboxylic acids is 1. The van der Waals surface area contributed by atoms with Crippen molar-refractivity contribution in [1.29, 1.82) is 0 Å². The molecule has 1 aliphatic rings. The van der Waals surface area contributed by atoms with Crippen LogP contribution >= 0.6 is 0 Å². The normalized spacial score (nSPS) is 18.7.